The Labute approximate surface area is 155 Å². The van der Waals surface area contributed by atoms with Crippen molar-refractivity contribution >= 4 is 11.8 Å². The zero-order chi connectivity index (χ0) is 18.8. The van der Waals surface area contributed by atoms with E-state index in [1.54, 1.807) is 19.2 Å². The summed E-state index contributed by atoms with van der Waals surface area (Å²) in [6, 6.07) is 10.8. The molecule has 0 unspecified atom stereocenters. The van der Waals surface area contributed by atoms with Gasteiger partial charge in [0.25, 0.3) is 0 Å². The minimum absolute atomic E-state index is 0.203. The molecular formula is C20H28FN5. The van der Waals surface area contributed by atoms with Gasteiger partial charge in [-0.15, -0.1) is 0 Å². The fourth-order valence-corrected chi connectivity index (χ4v) is 2.68. The summed E-state index contributed by atoms with van der Waals surface area (Å²) >= 11 is 0. The number of rotatable bonds is 8. The molecule has 0 radical (unpaired) electrons. The first-order chi connectivity index (χ1) is 12.7. The van der Waals surface area contributed by atoms with E-state index in [4.69, 9.17) is 0 Å². The second-order valence-electron chi connectivity index (χ2n) is 5.93. The maximum Gasteiger partial charge on any atom is 0.191 e. The zero-order valence-corrected chi connectivity index (χ0v) is 15.8. The van der Waals surface area contributed by atoms with Crippen molar-refractivity contribution in [2.45, 2.75) is 26.8 Å². The Hall–Kier alpha value is -2.63. The highest BCUT2D eigenvalue weighted by Gasteiger charge is 2.04. The SMILES string of the molecule is CCN(CC)c1ccc(CNC(=NC)NCCc2cccc(F)c2)cn1. The van der Waals surface area contributed by atoms with Gasteiger partial charge in [-0.3, -0.25) is 4.99 Å². The molecule has 0 fully saturated rings. The molecule has 0 saturated carbocycles. The molecule has 0 saturated heterocycles. The van der Waals surface area contributed by atoms with Crippen molar-refractivity contribution in [1.82, 2.24) is 15.6 Å². The summed E-state index contributed by atoms with van der Waals surface area (Å²) in [5, 5.41) is 6.51. The van der Waals surface area contributed by atoms with Crippen LogP contribution in [0.15, 0.2) is 47.6 Å². The van der Waals surface area contributed by atoms with E-state index in [1.807, 2.05) is 18.3 Å². The largest absolute Gasteiger partial charge is 0.357 e. The highest BCUT2D eigenvalue weighted by molar-refractivity contribution is 5.79. The molecule has 1 heterocycles. The van der Waals surface area contributed by atoms with Crippen molar-refractivity contribution in [2.24, 2.45) is 4.99 Å². The van der Waals surface area contributed by atoms with Gasteiger partial charge in [0.15, 0.2) is 5.96 Å². The lowest BCUT2D eigenvalue weighted by molar-refractivity contribution is 0.625. The fourth-order valence-electron chi connectivity index (χ4n) is 2.68. The number of nitrogens with zero attached hydrogens (tertiary/aromatic N) is 3. The van der Waals surface area contributed by atoms with Crippen LogP contribution in [0, 0.1) is 5.82 Å². The topological polar surface area (TPSA) is 52.5 Å². The molecule has 2 rings (SSSR count). The number of nitrogens with one attached hydrogen (secondary N) is 2. The second-order valence-corrected chi connectivity index (χ2v) is 5.93. The van der Waals surface area contributed by atoms with E-state index < -0.39 is 0 Å². The molecule has 1 aromatic carbocycles. The second kappa shape index (κ2) is 10.4. The number of pyridine rings is 1. The van der Waals surface area contributed by atoms with Crippen LogP contribution in [0.2, 0.25) is 0 Å². The van der Waals surface area contributed by atoms with Crippen LogP contribution in [0.5, 0.6) is 0 Å². The molecule has 0 spiro atoms. The summed E-state index contributed by atoms with van der Waals surface area (Å²) in [6.45, 7) is 7.47. The molecule has 140 valence electrons. The van der Waals surface area contributed by atoms with Crippen molar-refractivity contribution in [3.63, 3.8) is 0 Å². The maximum atomic E-state index is 13.2. The van der Waals surface area contributed by atoms with E-state index in [0.29, 0.717) is 19.0 Å². The third-order valence-electron chi connectivity index (χ3n) is 4.18. The quantitative estimate of drug-likeness (QED) is 0.563. The van der Waals surface area contributed by atoms with Gasteiger partial charge in [-0.2, -0.15) is 0 Å². The Morgan fingerprint density at radius 3 is 2.54 bits per heavy atom. The molecule has 2 aromatic rings. The molecule has 2 N–H and O–H groups in total. The number of hydrogen-bond acceptors (Lipinski definition) is 3. The molecule has 0 bridgehead atoms. The highest BCUT2D eigenvalue weighted by Crippen LogP contribution is 2.10. The van der Waals surface area contributed by atoms with Gasteiger partial charge in [-0.25, -0.2) is 9.37 Å². The van der Waals surface area contributed by atoms with Gasteiger partial charge in [0.05, 0.1) is 0 Å². The van der Waals surface area contributed by atoms with Crippen LogP contribution >= 0.6 is 0 Å². The molecule has 26 heavy (non-hydrogen) atoms. The van der Waals surface area contributed by atoms with Crippen LogP contribution < -0.4 is 15.5 Å². The van der Waals surface area contributed by atoms with Gasteiger partial charge in [-0.05, 0) is 49.6 Å². The predicted molar refractivity (Wildman–Crippen MR) is 106 cm³/mol. The van der Waals surface area contributed by atoms with E-state index >= 15 is 0 Å². The molecule has 5 nitrogen and oxygen atoms in total. The predicted octanol–water partition coefficient (Wildman–Crippen LogP) is 2.97. The van der Waals surface area contributed by atoms with Gasteiger partial charge in [0.2, 0.25) is 0 Å². The zero-order valence-electron chi connectivity index (χ0n) is 15.8. The molecule has 0 aliphatic rings. The van der Waals surface area contributed by atoms with Gasteiger partial charge in [0, 0.05) is 39.4 Å². The molecule has 0 aliphatic heterocycles. The Balaban J connectivity index is 1.79. The molecular weight excluding hydrogens is 329 g/mol. The summed E-state index contributed by atoms with van der Waals surface area (Å²) in [4.78, 5) is 11.0. The fraction of sp³-hybridized carbons (Fsp3) is 0.400. The summed E-state index contributed by atoms with van der Waals surface area (Å²) < 4.78 is 13.2. The monoisotopic (exact) mass is 357 g/mol. The van der Waals surface area contributed by atoms with Crippen LogP contribution in [0.4, 0.5) is 10.2 Å². The minimum atomic E-state index is -0.203. The van der Waals surface area contributed by atoms with Gasteiger partial charge < -0.3 is 15.5 Å². The van der Waals surface area contributed by atoms with E-state index in [2.05, 4.69) is 45.4 Å². The van der Waals surface area contributed by atoms with Crippen LogP contribution in [0.1, 0.15) is 25.0 Å². The standard InChI is InChI=1S/C20H28FN5/c1-4-26(5-2)19-10-9-17(14-24-19)15-25-20(22-3)23-12-11-16-7-6-8-18(21)13-16/h6-10,13-14H,4-5,11-12,15H2,1-3H3,(H2,22,23,25). The van der Waals surface area contributed by atoms with Crippen molar-refractivity contribution < 1.29 is 4.39 Å². The number of halogens is 1. The van der Waals surface area contributed by atoms with Crippen LogP contribution in [0.3, 0.4) is 0 Å². The molecule has 1 aromatic heterocycles. The molecule has 0 amide bonds. The Bertz CT molecular complexity index is 696. The number of guanidine groups is 1. The smallest absolute Gasteiger partial charge is 0.191 e. The van der Waals surface area contributed by atoms with Gasteiger partial charge in [-0.1, -0.05) is 18.2 Å². The van der Waals surface area contributed by atoms with E-state index in [0.717, 1.165) is 36.5 Å². The average molecular weight is 357 g/mol. The Morgan fingerprint density at radius 2 is 1.92 bits per heavy atom. The third kappa shape index (κ3) is 6.02. The van der Waals surface area contributed by atoms with Crippen LogP contribution in [-0.2, 0) is 13.0 Å². The average Bonchev–Trinajstić information content (AvgIpc) is 2.66. The van der Waals surface area contributed by atoms with Crippen molar-refractivity contribution in [2.75, 3.05) is 31.6 Å². The number of anilines is 1. The van der Waals surface area contributed by atoms with Gasteiger partial charge in [0.1, 0.15) is 11.6 Å². The lowest BCUT2D eigenvalue weighted by atomic mass is 10.1. The van der Waals surface area contributed by atoms with Crippen molar-refractivity contribution in [3.8, 4) is 0 Å². The normalized spacial score (nSPS) is 11.3. The molecule has 0 aliphatic carbocycles. The highest BCUT2D eigenvalue weighted by atomic mass is 19.1. The van der Waals surface area contributed by atoms with Crippen LogP contribution in [-0.4, -0.2) is 37.6 Å². The minimum Gasteiger partial charge on any atom is -0.357 e. The Morgan fingerprint density at radius 1 is 1.12 bits per heavy atom. The maximum absolute atomic E-state index is 13.2. The molecule has 6 heteroatoms. The summed E-state index contributed by atoms with van der Waals surface area (Å²) in [5.41, 5.74) is 2.05. The first kappa shape index (κ1) is 19.7. The van der Waals surface area contributed by atoms with Crippen LogP contribution in [0.25, 0.3) is 0 Å². The van der Waals surface area contributed by atoms with Crippen molar-refractivity contribution in [1.29, 1.82) is 0 Å². The Kier molecular flexibility index (Phi) is 7.86. The summed E-state index contributed by atoms with van der Waals surface area (Å²) in [5.74, 6) is 1.51. The lowest BCUT2D eigenvalue weighted by Crippen LogP contribution is -2.37. The van der Waals surface area contributed by atoms with Gasteiger partial charge >= 0.3 is 0 Å². The first-order valence-corrected chi connectivity index (χ1v) is 9.05. The van der Waals surface area contributed by atoms with E-state index in [-0.39, 0.29) is 5.82 Å². The molecule has 0 atom stereocenters. The van der Waals surface area contributed by atoms with E-state index in [9.17, 15) is 4.39 Å². The third-order valence-corrected chi connectivity index (χ3v) is 4.18. The number of benzene rings is 1. The number of aromatic nitrogens is 1. The number of hydrogen-bond donors (Lipinski definition) is 2. The summed E-state index contributed by atoms with van der Waals surface area (Å²) in [6.07, 6.45) is 2.62. The number of aliphatic imine (C=N–C) groups is 1. The van der Waals surface area contributed by atoms with Crippen molar-refractivity contribution in [3.05, 3.63) is 59.5 Å². The van der Waals surface area contributed by atoms with E-state index in [1.165, 1.54) is 6.07 Å². The first-order valence-electron chi connectivity index (χ1n) is 9.05. The summed E-state index contributed by atoms with van der Waals surface area (Å²) in [7, 11) is 1.74. The lowest BCUT2D eigenvalue weighted by Gasteiger charge is -2.19.